The van der Waals surface area contributed by atoms with Crippen molar-refractivity contribution in [1.82, 2.24) is 15.1 Å². The second-order valence-corrected chi connectivity index (χ2v) is 7.78. The number of rotatable bonds is 7. The first kappa shape index (κ1) is 21.0. The molecule has 4 N–H and O–H groups in total. The van der Waals surface area contributed by atoms with Crippen LogP contribution in [0.15, 0.2) is 78.3 Å². The van der Waals surface area contributed by atoms with Crippen molar-refractivity contribution in [3.63, 3.8) is 0 Å². The van der Waals surface area contributed by atoms with Crippen LogP contribution in [0.5, 0.6) is 0 Å². The molecule has 2 heterocycles. The zero-order valence-corrected chi connectivity index (χ0v) is 17.6. The lowest BCUT2D eigenvalue weighted by molar-refractivity contribution is -0.117. The van der Waals surface area contributed by atoms with Crippen LogP contribution in [0.2, 0.25) is 0 Å². The van der Waals surface area contributed by atoms with Crippen molar-refractivity contribution in [2.45, 2.75) is 0 Å². The standard InChI is InChI=1S/C23H19N5O3S/c24-20(29)13-25-22(30)15-6-4-7-16(12-15)26-23(31)18-14-28(17-8-2-1-3-9-17)27-21(18)19-10-5-11-32-19/h1-12,14H,13H2,(H2,24,29)(H,25,30)(H,26,31). The fraction of sp³-hybridized carbons (Fsp3) is 0.0435. The van der Waals surface area contributed by atoms with Gasteiger partial charge in [0.25, 0.3) is 11.8 Å². The van der Waals surface area contributed by atoms with Gasteiger partial charge in [0.2, 0.25) is 5.91 Å². The minimum absolute atomic E-state index is 0.266. The summed E-state index contributed by atoms with van der Waals surface area (Å²) in [4.78, 5) is 37.1. The third kappa shape index (κ3) is 4.73. The van der Waals surface area contributed by atoms with E-state index < -0.39 is 11.8 Å². The van der Waals surface area contributed by atoms with Gasteiger partial charge in [0, 0.05) is 17.4 Å². The Hall–Kier alpha value is -4.24. The highest BCUT2D eigenvalue weighted by atomic mass is 32.1. The number of carbonyl (C=O) groups is 3. The van der Waals surface area contributed by atoms with Gasteiger partial charge in [-0.05, 0) is 41.8 Å². The molecule has 4 rings (SSSR count). The molecule has 0 spiro atoms. The number of anilines is 1. The van der Waals surface area contributed by atoms with Gasteiger partial charge in [-0.3, -0.25) is 14.4 Å². The number of hydrogen-bond acceptors (Lipinski definition) is 5. The van der Waals surface area contributed by atoms with Crippen molar-refractivity contribution < 1.29 is 14.4 Å². The highest BCUT2D eigenvalue weighted by Crippen LogP contribution is 2.28. The van der Waals surface area contributed by atoms with Crippen LogP contribution in [0.25, 0.3) is 16.3 Å². The first-order valence-electron chi connectivity index (χ1n) is 9.68. The largest absolute Gasteiger partial charge is 0.368 e. The second-order valence-electron chi connectivity index (χ2n) is 6.83. The molecule has 0 aliphatic heterocycles. The molecule has 0 unspecified atom stereocenters. The molecule has 0 radical (unpaired) electrons. The van der Waals surface area contributed by atoms with Gasteiger partial charge in [-0.2, -0.15) is 5.10 Å². The molecule has 0 fully saturated rings. The third-order valence-electron chi connectivity index (χ3n) is 4.54. The molecule has 32 heavy (non-hydrogen) atoms. The van der Waals surface area contributed by atoms with Crippen LogP contribution in [-0.4, -0.2) is 34.0 Å². The van der Waals surface area contributed by atoms with E-state index in [1.807, 2.05) is 47.8 Å². The highest BCUT2D eigenvalue weighted by molar-refractivity contribution is 7.13. The summed E-state index contributed by atoms with van der Waals surface area (Å²) in [5.41, 5.74) is 7.59. The maximum Gasteiger partial charge on any atom is 0.259 e. The first-order valence-corrected chi connectivity index (χ1v) is 10.6. The van der Waals surface area contributed by atoms with Crippen molar-refractivity contribution in [2.24, 2.45) is 5.73 Å². The summed E-state index contributed by atoms with van der Waals surface area (Å²) < 4.78 is 1.66. The van der Waals surface area contributed by atoms with Gasteiger partial charge in [0.05, 0.1) is 22.7 Å². The van der Waals surface area contributed by atoms with Crippen molar-refractivity contribution in [3.8, 4) is 16.3 Å². The first-order chi connectivity index (χ1) is 15.5. The quantitative estimate of drug-likeness (QED) is 0.405. The van der Waals surface area contributed by atoms with E-state index in [1.54, 1.807) is 29.1 Å². The van der Waals surface area contributed by atoms with E-state index >= 15 is 0 Å². The normalized spacial score (nSPS) is 10.5. The average Bonchev–Trinajstić information content (AvgIpc) is 3.48. The second kappa shape index (κ2) is 9.27. The van der Waals surface area contributed by atoms with E-state index in [4.69, 9.17) is 5.73 Å². The number of hydrogen-bond donors (Lipinski definition) is 3. The van der Waals surface area contributed by atoms with Crippen molar-refractivity contribution >= 4 is 34.7 Å². The van der Waals surface area contributed by atoms with Gasteiger partial charge in [-0.25, -0.2) is 4.68 Å². The Kier molecular flexibility index (Phi) is 6.09. The molecule has 0 saturated heterocycles. The van der Waals surface area contributed by atoms with E-state index in [0.717, 1.165) is 10.6 Å². The topological polar surface area (TPSA) is 119 Å². The summed E-state index contributed by atoms with van der Waals surface area (Å²) in [7, 11) is 0. The van der Waals surface area contributed by atoms with Gasteiger partial charge >= 0.3 is 0 Å². The summed E-state index contributed by atoms with van der Waals surface area (Å²) in [6, 6.07) is 19.7. The summed E-state index contributed by atoms with van der Waals surface area (Å²) in [5, 5.41) is 11.8. The smallest absolute Gasteiger partial charge is 0.259 e. The van der Waals surface area contributed by atoms with Crippen LogP contribution in [0.4, 0.5) is 5.69 Å². The average molecular weight is 446 g/mol. The Labute approximate surface area is 187 Å². The fourth-order valence-electron chi connectivity index (χ4n) is 3.05. The molecule has 160 valence electrons. The Morgan fingerprint density at radius 3 is 2.50 bits per heavy atom. The number of amides is 3. The van der Waals surface area contributed by atoms with Gasteiger partial charge in [-0.1, -0.05) is 30.3 Å². The molecule has 0 bridgehead atoms. The van der Waals surface area contributed by atoms with E-state index in [9.17, 15) is 14.4 Å². The van der Waals surface area contributed by atoms with Gasteiger partial charge < -0.3 is 16.4 Å². The number of benzene rings is 2. The molecule has 0 aliphatic carbocycles. The SMILES string of the molecule is NC(=O)CNC(=O)c1cccc(NC(=O)c2cn(-c3ccccc3)nc2-c2cccs2)c1. The van der Waals surface area contributed by atoms with Crippen LogP contribution in [0.1, 0.15) is 20.7 Å². The van der Waals surface area contributed by atoms with E-state index in [2.05, 4.69) is 15.7 Å². The number of primary amides is 1. The molecule has 3 amide bonds. The van der Waals surface area contributed by atoms with Gasteiger partial charge in [0.15, 0.2) is 0 Å². The van der Waals surface area contributed by atoms with E-state index in [1.165, 1.54) is 17.4 Å². The number of carbonyl (C=O) groups excluding carboxylic acids is 3. The van der Waals surface area contributed by atoms with E-state index in [-0.39, 0.29) is 12.5 Å². The minimum atomic E-state index is -0.639. The number of thiophene rings is 1. The molecule has 4 aromatic rings. The van der Waals surface area contributed by atoms with Crippen molar-refractivity contribution in [2.75, 3.05) is 11.9 Å². The summed E-state index contributed by atoms with van der Waals surface area (Å²) in [6.45, 7) is -0.266. The molecule has 2 aromatic heterocycles. The zero-order chi connectivity index (χ0) is 22.5. The molecular weight excluding hydrogens is 426 g/mol. The lowest BCUT2D eigenvalue weighted by Gasteiger charge is -2.07. The highest BCUT2D eigenvalue weighted by Gasteiger charge is 2.20. The molecule has 8 nitrogen and oxygen atoms in total. The minimum Gasteiger partial charge on any atom is -0.368 e. The fourth-order valence-corrected chi connectivity index (χ4v) is 3.78. The zero-order valence-electron chi connectivity index (χ0n) is 16.8. The van der Waals surface area contributed by atoms with E-state index in [0.29, 0.717) is 22.5 Å². The van der Waals surface area contributed by atoms with Gasteiger partial charge in [0.1, 0.15) is 5.69 Å². The lowest BCUT2D eigenvalue weighted by Crippen LogP contribution is -2.33. The van der Waals surface area contributed by atoms with Crippen LogP contribution >= 0.6 is 11.3 Å². The monoisotopic (exact) mass is 445 g/mol. The lowest BCUT2D eigenvalue weighted by atomic mass is 10.1. The number of nitrogens with zero attached hydrogens (tertiary/aromatic N) is 2. The maximum absolute atomic E-state index is 13.1. The summed E-state index contributed by atoms with van der Waals surface area (Å²) >= 11 is 1.49. The maximum atomic E-state index is 13.1. The molecular formula is C23H19N5O3S. The summed E-state index contributed by atoms with van der Waals surface area (Å²) in [6.07, 6.45) is 1.68. The number of nitrogens with two attached hydrogens (primary N) is 1. The molecule has 0 atom stereocenters. The Balaban J connectivity index is 1.61. The molecule has 0 aliphatic rings. The predicted molar refractivity (Wildman–Crippen MR) is 123 cm³/mol. The Bertz CT molecular complexity index is 1270. The Morgan fingerprint density at radius 1 is 0.969 bits per heavy atom. The van der Waals surface area contributed by atoms with Crippen LogP contribution in [-0.2, 0) is 4.79 Å². The molecule has 0 saturated carbocycles. The van der Waals surface area contributed by atoms with Gasteiger partial charge in [-0.15, -0.1) is 11.3 Å². The Morgan fingerprint density at radius 2 is 1.78 bits per heavy atom. The van der Waals surface area contributed by atoms with Crippen LogP contribution in [0.3, 0.4) is 0 Å². The predicted octanol–water partition coefficient (Wildman–Crippen LogP) is 3.07. The number of nitrogens with one attached hydrogen (secondary N) is 2. The molecule has 9 heteroatoms. The third-order valence-corrected chi connectivity index (χ3v) is 5.42. The summed E-state index contributed by atoms with van der Waals surface area (Å²) in [5.74, 6) is -1.46. The van der Waals surface area contributed by atoms with Crippen molar-refractivity contribution in [1.29, 1.82) is 0 Å². The van der Waals surface area contributed by atoms with Crippen molar-refractivity contribution in [3.05, 3.63) is 89.4 Å². The number of aromatic nitrogens is 2. The van der Waals surface area contributed by atoms with Crippen LogP contribution < -0.4 is 16.4 Å². The number of para-hydroxylation sites is 1. The molecule has 2 aromatic carbocycles. The van der Waals surface area contributed by atoms with Crippen LogP contribution in [0, 0.1) is 0 Å².